The summed E-state index contributed by atoms with van der Waals surface area (Å²) in [6.45, 7) is 0. The van der Waals surface area contributed by atoms with Gasteiger partial charge >= 0.3 is 0 Å². The Labute approximate surface area is 195 Å². The molecule has 0 radical (unpaired) electrons. The van der Waals surface area contributed by atoms with Crippen molar-refractivity contribution in [1.82, 2.24) is 0 Å². The maximum absolute atomic E-state index is 6.45. The maximum Gasteiger partial charge on any atom is 0.299 e. The Morgan fingerprint density at radius 1 is 0.469 bits per heavy atom. The molecule has 154 valence electrons. The molecule has 0 saturated carbocycles. The second-order valence-electron chi connectivity index (χ2n) is 7.63. The molecule has 1 heterocycles. The summed E-state index contributed by atoms with van der Waals surface area (Å²) in [5, 5.41) is 5.63. The number of hydrogen-bond acceptors (Lipinski definition) is 2. The Balaban J connectivity index is 1.63. The van der Waals surface area contributed by atoms with E-state index in [1.54, 1.807) is 0 Å². The van der Waals surface area contributed by atoms with E-state index in [1.807, 2.05) is 72.8 Å². The quantitative estimate of drug-likeness (QED) is 0.249. The minimum Gasteiger partial charge on any atom is -0.421 e. The number of fused-ring (bicyclic) bond motifs is 6. The van der Waals surface area contributed by atoms with Crippen molar-refractivity contribution < 1.29 is 9.47 Å². The van der Waals surface area contributed by atoms with Crippen molar-refractivity contribution in [1.29, 1.82) is 0 Å². The smallest absolute Gasteiger partial charge is 0.299 e. The summed E-state index contributed by atoms with van der Waals surface area (Å²) in [6, 6.07) is 31.8. The van der Waals surface area contributed by atoms with Gasteiger partial charge in [-0.2, -0.15) is 0 Å². The molecule has 0 aromatic heterocycles. The molecule has 0 bridgehead atoms. The molecular formula is C28H16Cl2O2. The molecule has 0 atom stereocenters. The zero-order valence-electron chi connectivity index (χ0n) is 16.8. The third-order valence-electron chi connectivity index (χ3n) is 5.70. The molecule has 1 aliphatic rings. The number of halogens is 2. The highest BCUT2D eigenvalue weighted by Gasteiger charge is 2.29. The molecule has 2 nitrogen and oxygen atoms in total. The number of rotatable bonds is 2. The van der Waals surface area contributed by atoms with Crippen LogP contribution in [0, 0.1) is 0 Å². The fraction of sp³-hybridized carbons (Fsp3) is 0. The molecule has 32 heavy (non-hydrogen) atoms. The summed E-state index contributed by atoms with van der Waals surface area (Å²) < 4.78 is 12.9. The first-order valence-electron chi connectivity index (χ1n) is 10.2. The van der Waals surface area contributed by atoms with E-state index in [1.165, 1.54) is 0 Å². The highest BCUT2D eigenvalue weighted by molar-refractivity contribution is 6.31. The van der Waals surface area contributed by atoms with Crippen LogP contribution in [-0.2, 0) is 0 Å². The van der Waals surface area contributed by atoms with Gasteiger partial charge in [-0.25, -0.2) is 0 Å². The van der Waals surface area contributed by atoms with Crippen LogP contribution in [0.4, 0.5) is 0 Å². The van der Waals surface area contributed by atoms with Crippen LogP contribution in [0.3, 0.4) is 0 Å². The minimum absolute atomic E-state index is 0.436. The van der Waals surface area contributed by atoms with Crippen molar-refractivity contribution in [3.05, 3.63) is 124 Å². The lowest BCUT2D eigenvalue weighted by molar-refractivity contribution is 0.293. The molecule has 1 aliphatic heterocycles. The normalized spacial score (nSPS) is 12.5. The summed E-state index contributed by atoms with van der Waals surface area (Å²) in [7, 11) is 0. The number of benzene rings is 5. The van der Waals surface area contributed by atoms with E-state index >= 15 is 0 Å². The zero-order valence-corrected chi connectivity index (χ0v) is 18.3. The van der Waals surface area contributed by atoms with Crippen molar-refractivity contribution in [2.45, 2.75) is 0 Å². The summed E-state index contributed by atoms with van der Waals surface area (Å²) in [6.07, 6.45) is 0. The molecule has 0 spiro atoms. The van der Waals surface area contributed by atoms with Crippen molar-refractivity contribution >= 4 is 50.3 Å². The molecule has 0 aliphatic carbocycles. The highest BCUT2D eigenvalue weighted by atomic mass is 35.5. The van der Waals surface area contributed by atoms with E-state index < -0.39 is 0 Å². The summed E-state index contributed by atoms with van der Waals surface area (Å²) in [5.41, 5.74) is 2.71. The lowest BCUT2D eigenvalue weighted by atomic mass is 9.99. The van der Waals surface area contributed by atoms with Gasteiger partial charge in [-0.3, -0.25) is 0 Å². The van der Waals surface area contributed by atoms with Crippen LogP contribution in [0.15, 0.2) is 103 Å². The summed E-state index contributed by atoms with van der Waals surface area (Å²) >= 11 is 12.3. The number of hydrogen-bond donors (Lipinski definition) is 0. The van der Waals surface area contributed by atoms with E-state index in [-0.39, 0.29) is 0 Å². The second-order valence-corrected chi connectivity index (χ2v) is 8.50. The average molecular weight is 455 g/mol. The van der Waals surface area contributed by atoms with E-state index in [0.717, 1.165) is 49.7 Å². The Hall–Kier alpha value is -3.46. The molecular weight excluding hydrogens is 439 g/mol. The fourth-order valence-corrected chi connectivity index (χ4v) is 4.47. The van der Waals surface area contributed by atoms with Gasteiger partial charge in [0.1, 0.15) is 0 Å². The summed E-state index contributed by atoms with van der Waals surface area (Å²) in [4.78, 5) is 0. The van der Waals surface area contributed by atoms with Crippen LogP contribution in [0.5, 0.6) is 11.5 Å². The van der Waals surface area contributed by atoms with Crippen LogP contribution in [-0.4, -0.2) is 0 Å². The Morgan fingerprint density at radius 3 is 1.25 bits per heavy atom. The lowest BCUT2D eigenvalue weighted by Gasteiger charge is -2.11. The topological polar surface area (TPSA) is 18.5 Å². The Bertz CT molecular complexity index is 1400. The van der Waals surface area contributed by atoms with Gasteiger partial charge in [0.15, 0.2) is 11.5 Å². The first-order chi connectivity index (χ1) is 15.7. The van der Waals surface area contributed by atoms with Gasteiger partial charge in [0.25, 0.3) is 5.95 Å². The highest BCUT2D eigenvalue weighted by Crippen LogP contribution is 2.50. The molecule has 0 amide bonds. The van der Waals surface area contributed by atoms with E-state index in [9.17, 15) is 0 Å². The van der Waals surface area contributed by atoms with Crippen LogP contribution in [0.25, 0.3) is 27.1 Å². The van der Waals surface area contributed by atoms with Gasteiger partial charge in [-0.1, -0.05) is 96.0 Å². The van der Waals surface area contributed by atoms with Crippen LogP contribution in [0.2, 0.25) is 10.0 Å². The molecule has 0 unspecified atom stereocenters. The van der Waals surface area contributed by atoms with E-state index in [0.29, 0.717) is 16.0 Å². The minimum atomic E-state index is 0.436. The van der Waals surface area contributed by atoms with Crippen molar-refractivity contribution in [2.75, 3.05) is 0 Å². The van der Waals surface area contributed by atoms with Crippen molar-refractivity contribution in [3.8, 4) is 11.5 Å². The van der Waals surface area contributed by atoms with Crippen molar-refractivity contribution in [2.24, 2.45) is 0 Å². The summed E-state index contributed by atoms with van der Waals surface area (Å²) in [5.74, 6) is 1.90. The third-order valence-corrected chi connectivity index (χ3v) is 6.20. The van der Waals surface area contributed by atoms with Gasteiger partial charge < -0.3 is 9.47 Å². The van der Waals surface area contributed by atoms with Crippen molar-refractivity contribution in [3.63, 3.8) is 0 Å². The molecule has 5 aromatic rings. The van der Waals surface area contributed by atoms with Crippen LogP contribution < -0.4 is 9.47 Å². The number of ether oxygens (including phenoxy) is 2. The van der Waals surface area contributed by atoms with Gasteiger partial charge in [0.05, 0.1) is 5.57 Å². The van der Waals surface area contributed by atoms with Crippen LogP contribution >= 0.6 is 23.2 Å². The Morgan fingerprint density at radius 2 is 0.844 bits per heavy atom. The molecule has 4 heteroatoms. The van der Waals surface area contributed by atoms with Gasteiger partial charge in [-0.05, 0) is 46.2 Å². The first-order valence-corrected chi connectivity index (χ1v) is 11.0. The predicted molar refractivity (Wildman–Crippen MR) is 132 cm³/mol. The van der Waals surface area contributed by atoms with Gasteiger partial charge in [0.2, 0.25) is 0 Å². The average Bonchev–Trinajstić information content (AvgIpc) is 3.27. The van der Waals surface area contributed by atoms with Gasteiger partial charge in [0, 0.05) is 20.8 Å². The predicted octanol–water partition coefficient (Wildman–Crippen LogP) is 8.49. The maximum atomic E-state index is 6.45. The van der Waals surface area contributed by atoms with E-state index in [4.69, 9.17) is 32.7 Å². The largest absolute Gasteiger partial charge is 0.421 e. The van der Waals surface area contributed by atoms with Crippen LogP contribution in [0.1, 0.15) is 11.1 Å². The molecule has 5 aromatic carbocycles. The molecule has 0 fully saturated rings. The second kappa shape index (κ2) is 7.59. The van der Waals surface area contributed by atoms with Gasteiger partial charge in [-0.15, -0.1) is 0 Å². The molecule has 6 rings (SSSR count). The molecule has 0 saturated heterocycles. The fourth-order valence-electron chi connectivity index (χ4n) is 4.22. The monoisotopic (exact) mass is 454 g/mol. The standard InChI is InChI=1S/C28H16Cl2O2/c29-19-13-9-17(10-14-19)25(18-11-15-20(30)16-12-18)28-31-26-23-7-3-1-5-21(23)22-6-2-4-8-24(22)27(26)32-28/h1-16H. The van der Waals surface area contributed by atoms with E-state index in [2.05, 4.69) is 24.3 Å². The Kier molecular flexibility index (Phi) is 4.57. The lowest BCUT2D eigenvalue weighted by Crippen LogP contribution is -2.02. The SMILES string of the molecule is Clc1ccc(C(=C2Oc3c(c4ccccc4c4ccccc34)O2)c2ccc(Cl)cc2)cc1. The zero-order chi connectivity index (χ0) is 21.7. The third kappa shape index (κ3) is 3.12. The first kappa shape index (κ1) is 19.2. The molecule has 0 N–H and O–H groups in total.